The van der Waals surface area contributed by atoms with Gasteiger partial charge in [-0.05, 0) is 30.7 Å². The fourth-order valence-electron chi connectivity index (χ4n) is 3.70. The summed E-state index contributed by atoms with van der Waals surface area (Å²) in [4.78, 5) is 24.0. The topological polar surface area (TPSA) is 34.1 Å². The number of hydrogen-bond acceptors (Lipinski definition) is 2. The molecule has 0 saturated heterocycles. The average molecular weight is 421 g/mol. The standard InChI is InChI=1S/C26H41ClO2/c1-2-3-4-5-6-7-8-9-10-11-12-13-14-15-16-17-25(28)22-26(29)23-18-20-24(27)21-19-23/h18-21H,2-17,22H2,1H3. The molecular formula is C26H41ClO2. The highest BCUT2D eigenvalue weighted by Crippen LogP contribution is 2.15. The molecule has 1 aromatic rings. The van der Waals surface area contributed by atoms with Crippen LogP contribution < -0.4 is 0 Å². The molecule has 1 rings (SSSR count). The maximum absolute atomic E-state index is 12.1. The van der Waals surface area contributed by atoms with E-state index in [0.717, 1.165) is 12.8 Å². The van der Waals surface area contributed by atoms with Gasteiger partial charge < -0.3 is 0 Å². The van der Waals surface area contributed by atoms with E-state index in [1.165, 1.54) is 83.5 Å². The largest absolute Gasteiger partial charge is 0.299 e. The maximum atomic E-state index is 12.1. The Hall–Kier alpha value is -1.15. The molecule has 2 nitrogen and oxygen atoms in total. The third-order valence-corrected chi connectivity index (χ3v) is 5.84. The lowest BCUT2D eigenvalue weighted by Gasteiger charge is -2.04. The van der Waals surface area contributed by atoms with Gasteiger partial charge in [-0.3, -0.25) is 9.59 Å². The van der Waals surface area contributed by atoms with Crippen molar-refractivity contribution in [3.8, 4) is 0 Å². The highest BCUT2D eigenvalue weighted by molar-refractivity contribution is 6.30. The summed E-state index contributed by atoms with van der Waals surface area (Å²) < 4.78 is 0. The zero-order valence-corrected chi connectivity index (χ0v) is 19.3. The number of carbonyl (C=O) groups excluding carboxylic acids is 2. The van der Waals surface area contributed by atoms with Gasteiger partial charge in [-0.1, -0.05) is 108 Å². The van der Waals surface area contributed by atoms with E-state index in [1.807, 2.05) is 0 Å². The van der Waals surface area contributed by atoms with Crippen molar-refractivity contribution in [1.82, 2.24) is 0 Å². The van der Waals surface area contributed by atoms with Crippen LogP contribution in [0.1, 0.15) is 126 Å². The zero-order chi connectivity index (χ0) is 21.2. The number of unbranched alkanes of at least 4 members (excludes halogenated alkanes) is 14. The third-order valence-electron chi connectivity index (χ3n) is 5.58. The number of halogens is 1. The highest BCUT2D eigenvalue weighted by Gasteiger charge is 2.11. The molecule has 0 aliphatic rings. The minimum Gasteiger partial charge on any atom is -0.299 e. The second-order valence-electron chi connectivity index (χ2n) is 8.35. The van der Waals surface area contributed by atoms with Crippen LogP contribution in [0.25, 0.3) is 0 Å². The Balaban J connectivity index is 1.87. The first-order valence-corrected chi connectivity index (χ1v) is 12.3. The molecule has 3 heteroatoms. The Morgan fingerprint density at radius 2 is 1.07 bits per heavy atom. The normalized spacial score (nSPS) is 11.0. The Kier molecular flexibility index (Phi) is 15.8. The van der Waals surface area contributed by atoms with E-state index in [1.54, 1.807) is 24.3 Å². The fourth-order valence-corrected chi connectivity index (χ4v) is 3.82. The first-order chi connectivity index (χ1) is 14.1. The zero-order valence-electron chi connectivity index (χ0n) is 18.5. The van der Waals surface area contributed by atoms with Crippen LogP contribution >= 0.6 is 11.6 Å². The summed E-state index contributed by atoms with van der Waals surface area (Å²) in [6.07, 6.45) is 20.3. The monoisotopic (exact) mass is 420 g/mol. The summed E-state index contributed by atoms with van der Waals surface area (Å²) in [5.74, 6) is -0.0488. The predicted molar refractivity (Wildman–Crippen MR) is 125 cm³/mol. The van der Waals surface area contributed by atoms with E-state index < -0.39 is 0 Å². The predicted octanol–water partition coefficient (Wildman–Crippen LogP) is 8.74. The van der Waals surface area contributed by atoms with Gasteiger partial charge in [0.1, 0.15) is 5.78 Å². The van der Waals surface area contributed by atoms with Crippen LogP contribution in [0.3, 0.4) is 0 Å². The van der Waals surface area contributed by atoms with E-state index in [0.29, 0.717) is 17.0 Å². The smallest absolute Gasteiger partial charge is 0.170 e. The van der Waals surface area contributed by atoms with Crippen molar-refractivity contribution >= 4 is 23.2 Å². The van der Waals surface area contributed by atoms with Crippen molar-refractivity contribution in [1.29, 1.82) is 0 Å². The molecule has 0 fully saturated rings. The first kappa shape index (κ1) is 25.9. The summed E-state index contributed by atoms with van der Waals surface area (Å²) in [5, 5.41) is 0.602. The van der Waals surface area contributed by atoms with E-state index in [2.05, 4.69) is 6.92 Å². The number of benzene rings is 1. The molecule has 0 aliphatic carbocycles. The first-order valence-electron chi connectivity index (χ1n) is 11.9. The Bertz CT molecular complexity index is 550. The molecule has 0 unspecified atom stereocenters. The number of ketones is 2. The molecular weight excluding hydrogens is 380 g/mol. The molecule has 0 radical (unpaired) electrons. The minimum atomic E-state index is -0.104. The molecule has 0 aliphatic heterocycles. The van der Waals surface area contributed by atoms with Crippen LogP contribution in [0.15, 0.2) is 24.3 Å². The molecule has 164 valence electrons. The van der Waals surface area contributed by atoms with Gasteiger partial charge >= 0.3 is 0 Å². The van der Waals surface area contributed by atoms with Crippen molar-refractivity contribution in [3.05, 3.63) is 34.9 Å². The summed E-state index contributed by atoms with van der Waals surface area (Å²) in [7, 11) is 0. The van der Waals surface area contributed by atoms with Crippen molar-refractivity contribution in [2.45, 2.75) is 116 Å². The molecule has 29 heavy (non-hydrogen) atoms. The van der Waals surface area contributed by atoms with Gasteiger partial charge in [-0.2, -0.15) is 0 Å². The van der Waals surface area contributed by atoms with Crippen molar-refractivity contribution in [2.24, 2.45) is 0 Å². The maximum Gasteiger partial charge on any atom is 0.170 e. The number of rotatable bonds is 19. The molecule has 0 aromatic heterocycles. The number of Topliss-reactive ketones (excluding diaryl/α,β-unsaturated/α-hetero) is 2. The third kappa shape index (κ3) is 14.5. The van der Waals surface area contributed by atoms with Crippen molar-refractivity contribution in [3.63, 3.8) is 0 Å². The lowest BCUT2D eigenvalue weighted by atomic mass is 10.0. The van der Waals surface area contributed by atoms with Gasteiger partial charge in [0.2, 0.25) is 0 Å². The molecule has 0 saturated carbocycles. The fraction of sp³-hybridized carbons (Fsp3) is 0.692. The van der Waals surface area contributed by atoms with Gasteiger partial charge in [0, 0.05) is 17.0 Å². The summed E-state index contributed by atoms with van der Waals surface area (Å²) in [6.45, 7) is 2.27. The summed E-state index contributed by atoms with van der Waals surface area (Å²) >= 11 is 5.82. The second kappa shape index (κ2) is 17.7. The summed E-state index contributed by atoms with van der Waals surface area (Å²) in [6, 6.07) is 6.75. The van der Waals surface area contributed by atoms with Crippen LogP contribution in [-0.4, -0.2) is 11.6 Å². The van der Waals surface area contributed by atoms with E-state index >= 15 is 0 Å². The van der Waals surface area contributed by atoms with Gasteiger partial charge in [0.15, 0.2) is 5.78 Å². The van der Waals surface area contributed by atoms with E-state index in [-0.39, 0.29) is 18.0 Å². The average Bonchev–Trinajstić information content (AvgIpc) is 2.71. The lowest BCUT2D eigenvalue weighted by Crippen LogP contribution is -2.08. The Labute approximate surface area is 183 Å². The lowest BCUT2D eigenvalue weighted by molar-refractivity contribution is -0.118. The molecule has 1 aromatic carbocycles. The van der Waals surface area contributed by atoms with Crippen LogP contribution in [0.2, 0.25) is 5.02 Å². The Morgan fingerprint density at radius 3 is 1.52 bits per heavy atom. The van der Waals surface area contributed by atoms with E-state index in [9.17, 15) is 9.59 Å². The van der Waals surface area contributed by atoms with Crippen molar-refractivity contribution < 1.29 is 9.59 Å². The molecule has 0 atom stereocenters. The van der Waals surface area contributed by atoms with Crippen LogP contribution in [0, 0.1) is 0 Å². The van der Waals surface area contributed by atoms with Crippen LogP contribution in [0.4, 0.5) is 0 Å². The minimum absolute atomic E-state index is 0.0141. The van der Waals surface area contributed by atoms with Gasteiger partial charge in [0.25, 0.3) is 0 Å². The molecule has 0 spiro atoms. The molecule has 0 bridgehead atoms. The van der Waals surface area contributed by atoms with Gasteiger partial charge in [-0.15, -0.1) is 0 Å². The SMILES string of the molecule is CCCCCCCCCCCCCCCCCC(=O)CC(=O)c1ccc(Cl)cc1. The summed E-state index contributed by atoms with van der Waals surface area (Å²) in [5.41, 5.74) is 0.569. The van der Waals surface area contributed by atoms with E-state index in [4.69, 9.17) is 11.6 Å². The number of hydrogen-bond donors (Lipinski definition) is 0. The van der Waals surface area contributed by atoms with Crippen molar-refractivity contribution in [2.75, 3.05) is 0 Å². The van der Waals surface area contributed by atoms with Gasteiger partial charge in [-0.25, -0.2) is 0 Å². The molecule has 0 amide bonds. The number of carbonyl (C=O) groups is 2. The van der Waals surface area contributed by atoms with Crippen LogP contribution in [-0.2, 0) is 4.79 Å². The van der Waals surface area contributed by atoms with Crippen LogP contribution in [0.5, 0.6) is 0 Å². The quantitative estimate of drug-likeness (QED) is 0.127. The Morgan fingerprint density at radius 1 is 0.655 bits per heavy atom. The highest BCUT2D eigenvalue weighted by atomic mass is 35.5. The second-order valence-corrected chi connectivity index (χ2v) is 8.78. The van der Waals surface area contributed by atoms with Gasteiger partial charge in [0.05, 0.1) is 6.42 Å². The molecule has 0 heterocycles. The molecule has 0 N–H and O–H groups in total.